The molecule has 6 nitrogen and oxygen atoms in total. The van der Waals surface area contributed by atoms with Crippen LogP contribution in [-0.4, -0.2) is 29.8 Å². The van der Waals surface area contributed by atoms with Gasteiger partial charge in [-0.3, -0.25) is 9.59 Å². The number of benzene rings is 1. The molecule has 0 spiro atoms. The van der Waals surface area contributed by atoms with E-state index in [0.717, 1.165) is 5.01 Å². The number of likely N-dealkylation sites (N-methyl/N-ethyl adjacent to an activating group) is 1. The van der Waals surface area contributed by atoms with Gasteiger partial charge in [0.15, 0.2) is 5.78 Å². The fourth-order valence-corrected chi connectivity index (χ4v) is 1.22. The highest BCUT2D eigenvalue weighted by Gasteiger charge is 2.12. The van der Waals surface area contributed by atoms with Crippen molar-refractivity contribution in [3.05, 3.63) is 29.8 Å². The zero-order valence-electron chi connectivity index (χ0n) is 10.6. The van der Waals surface area contributed by atoms with Gasteiger partial charge in [-0.1, -0.05) is 5.22 Å². The van der Waals surface area contributed by atoms with E-state index in [0.29, 0.717) is 11.3 Å². The summed E-state index contributed by atoms with van der Waals surface area (Å²) in [5.41, 5.74) is 6.59. The lowest BCUT2D eigenvalue weighted by molar-refractivity contribution is -0.131. The Bertz CT molecular complexity index is 465. The number of Topliss-reactive ketones (excluding diaryl/α,β-unsaturated/α-hetero) is 1. The second-order valence-electron chi connectivity index (χ2n) is 3.94. The number of amides is 1. The first-order chi connectivity index (χ1) is 8.41. The van der Waals surface area contributed by atoms with Crippen LogP contribution in [0.4, 0.5) is 5.69 Å². The van der Waals surface area contributed by atoms with E-state index in [1.54, 1.807) is 31.2 Å². The molecule has 0 aliphatic heterocycles. The minimum Gasteiger partial charge on any atom is -0.320 e. The normalized spacial score (nSPS) is 12.4. The quantitative estimate of drug-likeness (QED) is 0.499. The number of rotatable bonds is 4. The molecule has 2 N–H and O–H groups in total. The molecule has 0 radical (unpaired) electrons. The van der Waals surface area contributed by atoms with Gasteiger partial charge >= 0.3 is 0 Å². The predicted octanol–water partition coefficient (Wildman–Crippen LogP) is 1.69. The van der Waals surface area contributed by atoms with Gasteiger partial charge in [-0.25, -0.2) is 5.01 Å². The minimum absolute atomic E-state index is 0.0114. The molecule has 1 atom stereocenters. The number of hydrogen-bond acceptors (Lipinski definition) is 5. The molecule has 96 valence electrons. The molecule has 1 unspecified atom stereocenters. The summed E-state index contributed by atoms with van der Waals surface area (Å²) in [6, 6.07) is 6.01. The van der Waals surface area contributed by atoms with Crippen molar-refractivity contribution in [3.63, 3.8) is 0 Å². The molecule has 0 saturated heterocycles. The van der Waals surface area contributed by atoms with Crippen molar-refractivity contribution < 1.29 is 9.59 Å². The molecular formula is C12H16N4O2. The van der Waals surface area contributed by atoms with Crippen molar-refractivity contribution in [2.24, 2.45) is 16.1 Å². The third-order valence-electron chi connectivity index (χ3n) is 2.28. The molecule has 0 heterocycles. The molecule has 0 fully saturated rings. The molecule has 0 aliphatic carbocycles. The lowest BCUT2D eigenvalue weighted by atomic mass is 10.1. The number of ketones is 1. The van der Waals surface area contributed by atoms with Gasteiger partial charge in [0.2, 0.25) is 0 Å². The maximum atomic E-state index is 11.4. The lowest BCUT2D eigenvalue weighted by Crippen LogP contribution is -2.36. The Hall–Kier alpha value is -2.08. The zero-order chi connectivity index (χ0) is 13.7. The van der Waals surface area contributed by atoms with E-state index in [9.17, 15) is 9.59 Å². The van der Waals surface area contributed by atoms with Crippen LogP contribution in [0, 0.1) is 0 Å². The highest BCUT2D eigenvalue weighted by atomic mass is 16.2. The molecule has 1 aromatic rings. The molecule has 0 aliphatic rings. The third kappa shape index (κ3) is 3.74. The first kappa shape index (κ1) is 14.0. The van der Waals surface area contributed by atoms with Gasteiger partial charge in [0.05, 0.1) is 11.7 Å². The maximum Gasteiger partial charge on any atom is 0.260 e. The van der Waals surface area contributed by atoms with Gasteiger partial charge in [-0.2, -0.15) is 0 Å². The first-order valence-corrected chi connectivity index (χ1v) is 5.47. The van der Waals surface area contributed by atoms with Gasteiger partial charge in [0.25, 0.3) is 5.91 Å². The van der Waals surface area contributed by atoms with E-state index in [2.05, 4.69) is 10.3 Å². The monoisotopic (exact) mass is 248 g/mol. The fourth-order valence-electron chi connectivity index (χ4n) is 1.22. The average molecular weight is 248 g/mol. The Kier molecular flexibility index (Phi) is 4.67. The Morgan fingerprint density at radius 2 is 1.83 bits per heavy atom. The van der Waals surface area contributed by atoms with Crippen LogP contribution in [0.5, 0.6) is 0 Å². The Morgan fingerprint density at radius 1 is 1.28 bits per heavy atom. The highest BCUT2D eigenvalue weighted by molar-refractivity contribution is 5.94. The van der Waals surface area contributed by atoms with Crippen LogP contribution in [0.2, 0.25) is 0 Å². The lowest BCUT2D eigenvalue weighted by Gasteiger charge is -2.11. The summed E-state index contributed by atoms with van der Waals surface area (Å²) in [6.07, 6.45) is 0. The summed E-state index contributed by atoms with van der Waals surface area (Å²) in [6.45, 7) is 3.07. The summed E-state index contributed by atoms with van der Waals surface area (Å²) in [5.74, 6) is -0.332. The summed E-state index contributed by atoms with van der Waals surface area (Å²) in [4.78, 5) is 22.5. The van der Waals surface area contributed by atoms with Crippen LogP contribution in [-0.2, 0) is 4.79 Å². The minimum atomic E-state index is -0.617. The van der Waals surface area contributed by atoms with Gasteiger partial charge < -0.3 is 5.73 Å². The molecule has 1 rings (SSSR count). The zero-order valence-corrected chi connectivity index (χ0v) is 10.6. The molecular weight excluding hydrogens is 232 g/mol. The molecule has 6 heteroatoms. The predicted molar refractivity (Wildman–Crippen MR) is 67.4 cm³/mol. The van der Waals surface area contributed by atoms with Crippen molar-refractivity contribution in [1.82, 2.24) is 5.01 Å². The van der Waals surface area contributed by atoms with Crippen LogP contribution in [0.25, 0.3) is 0 Å². The number of carbonyl (C=O) groups is 2. The summed E-state index contributed by atoms with van der Waals surface area (Å²) in [7, 11) is 1.49. The van der Waals surface area contributed by atoms with Crippen molar-refractivity contribution in [2.45, 2.75) is 19.9 Å². The van der Waals surface area contributed by atoms with E-state index < -0.39 is 6.04 Å². The van der Waals surface area contributed by atoms with Crippen molar-refractivity contribution in [3.8, 4) is 0 Å². The fraction of sp³-hybridized carbons (Fsp3) is 0.333. The summed E-state index contributed by atoms with van der Waals surface area (Å²) < 4.78 is 0. The average Bonchev–Trinajstić information content (AvgIpc) is 2.35. The Balaban J connectivity index is 2.73. The van der Waals surface area contributed by atoms with Crippen molar-refractivity contribution >= 4 is 17.4 Å². The van der Waals surface area contributed by atoms with Crippen molar-refractivity contribution in [1.29, 1.82) is 0 Å². The maximum absolute atomic E-state index is 11.4. The molecule has 0 aromatic heterocycles. The molecule has 18 heavy (non-hydrogen) atoms. The topological polar surface area (TPSA) is 88.1 Å². The van der Waals surface area contributed by atoms with Crippen LogP contribution in [0.1, 0.15) is 24.2 Å². The number of hydrogen-bond donors (Lipinski definition) is 1. The molecule has 0 bridgehead atoms. The standard InChI is InChI=1S/C12H16N4O2/c1-8(13)12(18)16(3)15-14-11-6-4-10(5-7-11)9(2)17/h4-8H,13H2,1-3H3. The van der Waals surface area contributed by atoms with Gasteiger partial charge in [-0.05, 0) is 38.1 Å². The second kappa shape index (κ2) is 6.02. The van der Waals surface area contributed by atoms with Crippen LogP contribution in [0.3, 0.4) is 0 Å². The van der Waals surface area contributed by atoms with Gasteiger partial charge in [0.1, 0.15) is 0 Å². The van der Waals surface area contributed by atoms with E-state index in [-0.39, 0.29) is 11.7 Å². The molecule has 1 aromatic carbocycles. The molecule has 1 amide bonds. The Labute approximate surface area is 105 Å². The SMILES string of the molecule is CC(=O)c1ccc(N=NN(C)C(=O)C(C)N)cc1. The van der Waals surface area contributed by atoms with E-state index >= 15 is 0 Å². The number of nitrogens with two attached hydrogens (primary N) is 1. The van der Waals surface area contributed by atoms with Gasteiger partial charge in [0, 0.05) is 12.6 Å². The molecule has 0 saturated carbocycles. The van der Waals surface area contributed by atoms with Crippen LogP contribution in [0.15, 0.2) is 34.6 Å². The smallest absolute Gasteiger partial charge is 0.260 e. The number of carbonyl (C=O) groups excluding carboxylic acids is 2. The van der Waals surface area contributed by atoms with Gasteiger partial charge in [-0.15, -0.1) is 5.11 Å². The Morgan fingerprint density at radius 3 is 2.28 bits per heavy atom. The van der Waals surface area contributed by atoms with E-state index in [4.69, 9.17) is 5.73 Å². The van der Waals surface area contributed by atoms with Crippen molar-refractivity contribution in [2.75, 3.05) is 7.05 Å². The third-order valence-corrected chi connectivity index (χ3v) is 2.28. The van der Waals surface area contributed by atoms with E-state index in [1.807, 2.05) is 0 Å². The summed E-state index contributed by atoms with van der Waals surface area (Å²) >= 11 is 0. The largest absolute Gasteiger partial charge is 0.320 e. The highest BCUT2D eigenvalue weighted by Crippen LogP contribution is 2.14. The van der Waals surface area contributed by atoms with Crippen LogP contribution < -0.4 is 5.73 Å². The second-order valence-corrected chi connectivity index (χ2v) is 3.94. The van der Waals surface area contributed by atoms with E-state index in [1.165, 1.54) is 14.0 Å². The summed E-state index contributed by atoms with van der Waals surface area (Å²) in [5, 5.41) is 8.69. The first-order valence-electron chi connectivity index (χ1n) is 5.47. The van der Waals surface area contributed by atoms with Crippen LogP contribution >= 0.6 is 0 Å². The number of nitrogens with zero attached hydrogens (tertiary/aromatic N) is 3.